The van der Waals surface area contributed by atoms with Crippen molar-refractivity contribution >= 4 is 30.7 Å². The zero-order valence-corrected chi connectivity index (χ0v) is 12.9. The molecule has 108 valence electrons. The SMILES string of the molecule is Cc1ccc(CNC(=O)C2(C)CCNC2)cn1.Cl.Cl. The number of aryl methyl sites for hydroxylation is 1. The molecule has 6 heteroatoms. The largest absolute Gasteiger partial charge is 0.351 e. The Morgan fingerprint density at radius 3 is 2.74 bits per heavy atom. The van der Waals surface area contributed by atoms with Crippen LogP contribution in [0.3, 0.4) is 0 Å². The second-order valence-electron chi connectivity index (χ2n) is 4.98. The minimum Gasteiger partial charge on any atom is -0.351 e. The summed E-state index contributed by atoms with van der Waals surface area (Å²) in [6.45, 7) is 6.21. The van der Waals surface area contributed by atoms with Gasteiger partial charge >= 0.3 is 0 Å². The van der Waals surface area contributed by atoms with E-state index in [0.717, 1.165) is 30.8 Å². The van der Waals surface area contributed by atoms with Gasteiger partial charge in [-0.3, -0.25) is 9.78 Å². The quantitative estimate of drug-likeness (QED) is 0.896. The lowest BCUT2D eigenvalue weighted by molar-refractivity contribution is -0.129. The third-order valence-electron chi connectivity index (χ3n) is 3.34. The number of carbonyl (C=O) groups is 1. The fourth-order valence-corrected chi connectivity index (χ4v) is 2.01. The first-order valence-corrected chi connectivity index (χ1v) is 6.01. The van der Waals surface area contributed by atoms with Crippen molar-refractivity contribution < 1.29 is 4.79 Å². The Morgan fingerprint density at radius 2 is 2.21 bits per heavy atom. The highest BCUT2D eigenvalue weighted by molar-refractivity contribution is 5.85. The molecule has 1 atom stereocenters. The lowest BCUT2D eigenvalue weighted by Crippen LogP contribution is -2.40. The Bertz CT molecular complexity index is 403. The Hall–Kier alpha value is -0.840. The number of halogens is 2. The normalized spacial score (nSPS) is 21.2. The van der Waals surface area contributed by atoms with E-state index < -0.39 is 0 Å². The minimum absolute atomic E-state index is 0. The van der Waals surface area contributed by atoms with Crippen LogP contribution in [0.25, 0.3) is 0 Å². The Balaban J connectivity index is 0.00000162. The lowest BCUT2D eigenvalue weighted by Gasteiger charge is -2.21. The maximum Gasteiger partial charge on any atom is 0.227 e. The third-order valence-corrected chi connectivity index (χ3v) is 3.34. The number of rotatable bonds is 3. The van der Waals surface area contributed by atoms with Gasteiger partial charge in [-0.05, 0) is 38.4 Å². The zero-order valence-electron chi connectivity index (χ0n) is 11.2. The molecule has 2 rings (SSSR count). The fraction of sp³-hybridized carbons (Fsp3) is 0.538. The average Bonchev–Trinajstić information content (AvgIpc) is 2.76. The molecule has 1 aliphatic heterocycles. The van der Waals surface area contributed by atoms with Crippen LogP contribution in [0, 0.1) is 12.3 Å². The van der Waals surface area contributed by atoms with E-state index in [1.165, 1.54) is 0 Å². The van der Waals surface area contributed by atoms with Gasteiger partial charge in [-0.2, -0.15) is 0 Å². The van der Waals surface area contributed by atoms with Crippen molar-refractivity contribution in [3.63, 3.8) is 0 Å². The number of nitrogens with one attached hydrogen (secondary N) is 2. The van der Waals surface area contributed by atoms with Crippen LogP contribution in [0.2, 0.25) is 0 Å². The topological polar surface area (TPSA) is 54.0 Å². The van der Waals surface area contributed by atoms with Crippen molar-refractivity contribution in [3.8, 4) is 0 Å². The predicted molar refractivity (Wildman–Crippen MR) is 80.9 cm³/mol. The van der Waals surface area contributed by atoms with E-state index in [4.69, 9.17) is 0 Å². The van der Waals surface area contributed by atoms with E-state index in [-0.39, 0.29) is 36.1 Å². The van der Waals surface area contributed by atoms with E-state index in [9.17, 15) is 4.79 Å². The first-order chi connectivity index (χ1) is 8.10. The zero-order chi connectivity index (χ0) is 12.3. The van der Waals surface area contributed by atoms with Crippen LogP contribution >= 0.6 is 24.8 Å². The molecule has 1 aromatic heterocycles. The van der Waals surface area contributed by atoms with Crippen LogP contribution in [-0.4, -0.2) is 24.0 Å². The molecule has 1 saturated heterocycles. The predicted octanol–water partition coefficient (Wildman–Crippen LogP) is 1.85. The van der Waals surface area contributed by atoms with Crippen LogP contribution < -0.4 is 10.6 Å². The standard InChI is InChI=1S/C13H19N3O.2ClH/c1-10-3-4-11(7-15-10)8-16-12(17)13(2)5-6-14-9-13;;/h3-4,7,14H,5-6,8-9H2,1-2H3,(H,16,17);2*1H. The van der Waals surface area contributed by atoms with E-state index >= 15 is 0 Å². The van der Waals surface area contributed by atoms with Gasteiger partial charge in [0.1, 0.15) is 0 Å². The van der Waals surface area contributed by atoms with E-state index in [1.807, 2.05) is 32.2 Å². The van der Waals surface area contributed by atoms with Crippen molar-refractivity contribution in [1.82, 2.24) is 15.6 Å². The third kappa shape index (κ3) is 4.64. The van der Waals surface area contributed by atoms with E-state index in [2.05, 4.69) is 15.6 Å². The van der Waals surface area contributed by atoms with E-state index in [1.54, 1.807) is 0 Å². The molecule has 19 heavy (non-hydrogen) atoms. The van der Waals surface area contributed by atoms with Gasteiger partial charge in [-0.25, -0.2) is 0 Å². The van der Waals surface area contributed by atoms with Gasteiger partial charge in [0.2, 0.25) is 5.91 Å². The number of pyridine rings is 1. The number of nitrogens with zero attached hydrogens (tertiary/aromatic N) is 1. The maximum absolute atomic E-state index is 12.0. The van der Waals surface area contributed by atoms with Crippen molar-refractivity contribution in [1.29, 1.82) is 0 Å². The van der Waals surface area contributed by atoms with Crippen LogP contribution in [-0.2, 0) is 11.3 Å². The second-order valence-corrected chi connectivity index (χ2v) is 4.98. The minimum atomic E-state index is -0.252. The summed E-state index contributed by atoms with van der Waals surface area (Å²) >= 11 is 0. The molecule has 0 saturated carbocycles. The summed E-state index contributed by atoms with van der Waals surface area (Å²) in [6.07, 6.45) is 2.72. The van der Waals surface area contributed by atoms with Gasteiger partial charge in [-0.15, -0.1) is 24.8 Å². The molecule has 1 unspecified atom stereocenters. The monoisotopic (exact) mass is 305 g/mol. The first-order valence-electron chi connectivity index (χ1n) is 6.01. The smallest absolute Gasteiger partial charge is 0.227 e. The first kappa shape index (κ1) is 18.2. The number of amides is 1. The highest BCUT2D eigenvalue weighted by Crippen LogP contribution is 2.24. The molecule has 0 aliphatic carbocycles. The number of carbonyl (C=O) groups excluding carboxylic acids is 1. The van der Waals surface area contributed by atoms with Crippen molar-refractivity contribution in [2.75, 3.05) is 13.1 Å². The number of hydrogen-bond acceptors (Lipinski definition) is 3. The molecule has 0 radical (unpaired) electrons. The summed E-state index contributed by atoms with van der Waals surface area (Å²) in [6, 6.07) is 3.96. The molecule has 1 amide bonds. The Morgan fingerprint density at radius 1 is 1.47 bits per heavy atom. The van der Waals surface area contributed by atoms with Crippen LogP contribution in [0.5, 0.6) is 0 Å². The lowest BCUT2D eigenvalue weighted by atomic mass is 9.89. The van der Waals surface area contributed by atoms with Gasteiger partial charge in [0, 0.05) is 25.0 Å². The van der Waals surface area contributed by atoms with Crippen molar-refractivity contribution in [2.24, 2.45) is 5.41 Å². The molecule has 0 aromatic carbocycles. The molecule has 2 N–H and O–H groups in total. The molecule has 1 aliphatic rings. The summed E-state index contributed by atoms with van der Waals surface area (Å²) in [4.78, 5) is 16.2. The molecule has 0 bridgehead atoms. The van der Waals surface area contributed by atoms with Crippen LogP contribution in [0.15, 0.2) is 18.3 Å². The average molecular weight is 306 g/mol. The molecular weight excluding hydrogens is 285 g/mol. The summed E-state index contributed by atoms with van der Waals surface area (Å²) in [5, 5.41) is 6.21. The van der Waals surface area contributed by atoms with Gasteiger partial charge < -0.3 is 10.6 Å². The summed E-state index contributed by atoms with van der Waals surface area (Å²) < 4.78 is 0. The van der Waals surface area contributed by atoms with E-state index in [0.29, 0.717) is 6.54 Å². The highest BCUT2D eigenvalue weighted by Gasteiger charge is 2.35. The summed E-state index contributed by atoms with van der Waals surface area (Å²) in [7, 11) is 0. The van der Waals surface area contributed by atoms with Gasteiger partial charge in [0.05, 0.1) is 5.41 Å². The number of hydrogen-bond donors (Lipinski definition) is 2. The second kappa shape index (κ2) is 7.68. The molecule has 2 heterocycles. The highest BCUT2D eigenvalue weighted by atomic mass is 35.5. The van der Waals surface area contributed by atoms with Gasteiger partial charge in [-0.1, -0.05) is 6.07 Å². The summed E-state index contributed by atoms with van der Waals surface area (Å²) in [5.41, 5.74) is 1.78. The molecule has 0 spiro atoms. The van der Waals surface area contributed by atoms with Crippen LogP contribution in [0.1, 0.15) is 24.6 Å². The maximum atomic E-state index is 12.0. The summed E-state index contributed by atoms with van der Waals surface area (Å²) in [5.74, 6) is 0.128. The molecule has 1 aromatic rings. The molecular formula is C13H21Cl2N3O. The number of aromatic nitrogens is 1. The van der Waals surface area contributed by atoms with Gasteiger partial charge in [0.15, 0.2) is 0 Å². The van der Waals surface area contributed by atoms with Gasteiger partial charge in [0.25, 0.3) is 0 Å². The molecule has 1 fully saturated rings. The van der Waals surface area contributed by atoms with Crippen molar-refractivity contribution in [3.05, 3.63) is 29.6 Å². The van der Waals surface area contributed by atoms with Crippen LogP contribution in [0.4, 0.5) is 0 Å². The Kier molecular flexibility index (Phi) is 7.34. The van der Waals surface area contributed by atoms with Crippen molar-refractivity contribution in [2.45, 2.75) is 26.8 Å². The molecule has 4 nitrogen and oxygen atoms in total. The Labute approximate surface area is 126 Å². The fourth-order valence-electron chi connectivity index (χ4n) is 2.01.